The van der Waals surface area contributed by atoms with Crippen molar-refractivity contribution in [3.05, 3.63) is 32.7 Å². The Hall–Kier alpha value is -1.61. The topological polar surface area (TPSA) is 106 Å². The molecule has 0 saturated carbocycles. The molecule has 0 unspecified atom stereocenters. The van der Waals surface area contributed by atoms with Crippen LogP contribution in [0.5, 0.6) is 0 Å². The van der Waals surface area contributed by atoms with Gasteiger partial charge < -0.3 is 20.6 Å². The van der Waals surface area contributed by atoms with E-state index in [1.54, 1.807) is 13.1 Å². The van der Waals surface area contributed by atoms with Crippen molar-refractivity contribution >= 4 is 49.5 Å². The first-order valence-electron chi connectivity index (χ1n) is 6.02. The summed E-state index contributed by atoms with van der Waals surface area (Å²) >= 11 is 6.54. The predicted octanol–water partition coefficient (Wildman–Crippen LogP) is 1.86. The van der Waals surface area contributed by atoms with Crippen LogP contribution in [-0.2, 0) is 7.05 Å². The van der Waals surface area contributed by atoms with Crippen molar-refractivity contribution in [1.82, 2.24) is 19.9 Å². The molecule has 0 aliphatic carbocycles. The number of hydrogen-bond acceptors (Lipinski definition) is 4. The number of amides is 1. The van der Waals surface area contributed by atoms with Gasteiger partial charge >= 0.3 is 0 Å². The molecule has 0 atom stereocenters. The van der Waals surface area contributed by atoms with E-state index in [9.17, 15) is 9.59 Å². The number of nitrogens with one attached hydrogen (secondary N) is 2. The Morgan fingerprint density at radius 1 is 1.48 bits per heavy atom. The highest BCUT2D eigenvalue weighted by atomic mass is 79.9. The number of anilines is 1. The molecule has 0 bridgehead atoms. The minimum absolute atomic E-state index is 0.129. The van der Waals surface area contributed by atoms with Crippen molar-refractivity contribution in [1.29, 1.82) is 0 Å². The molecule has 2 aromatic heterocycles. The Labute approximate surface area is 137 Å². The second-order valence-electron chi connectivity index (χ2n) is 4.33. The van der Waals surface area contributed by atoms with Gasteiger partial charge in [0.05, 0.1) is 15.3 Å². The molecule has 0 aliphatic rings. The zero-order chi connectivity index (χ0) is 15.6. The lowest BCUT2D eigenvalue weighted by atomic mass is 10.2. The standard InChI is InChI=1S/C12H13Br2N5O2/c1-19-8(5-17-12(19)15)9(20)2-3-16-11(21)7-4-6(13)10(14)18-7/h4-5,18H,2-3H2,1H3,(H2,15,17)(H,16,21). The first kappa shape index (κ1) is 15.8. The van der Waals surface area contributed by atoms with Gasteiger partial charge in [0.15, 0.2) is 11.7 Å². The van der Waals surface area contributed by atoms with Crippen molar-refractivity contribution in [3.8, 4) is 0 Å². The molecule has 4 N–H and O–H groups in total. The summed E-state index contributed by atoms with van der Waals surface area (Å²) in [5, 5.41) is 2.67. The Kier molecular flexibility index (Phi) is 4.84. The molecule has 2 rings (SSSR count). The maximum Gasteiger partial charge on any atom is 0.267 e. The molecule has 0 radical (unpaired) electrons. The van der Waals surface area contributed by atoms with Crippen molar-refractivity contribution in [2.75, 3.05) is 12.3 Å². The SMILES string of the molecule is Cn1c(C(=O)CCNC(=O)c2cc(Br)c(Br)[nH]2)cnc1N. The molecule has 1 amide bonds. The maximum atomic E-state index is 12.0. The molecule has 0 fully saturated rings. The smallest absolute Gasteiger partial charge is 0.267 e. The maximum absolute atomic E-state index is 12.0. The van der Waals surface area contributed by atoms with Crippen LogP contribution >= 0.6 is 31.9 Å². The highest BCUT2D eigenvalue weighted by molar-refractivity contribution is 9.13. The van der Waals surface area contributed by atoms with E-state index in [0.29, 0.717) is 16.0 Å². The lowest BCUT2D eigenvalue weighted by molar-refractivity contribution is 0.0935. The Morgan fingerprint density at radius 3 is 2.71 bits per heavy atom. The number of H-pyrrole nitrogens is 1. The van der Waals surface area contributed by atoms with E-state index in [1.807, 2.05) is 0 Å². The van der Waals surface area contributed by atoms with E-state index in [2.05, 4.69) is 47.1 Å². The summed E-state index contributed by atoms with van der Waals surface area (Å²) in [5.41, 5.74) is 6.40. The van der Waals surface area contributed by atoms with Crippen LogP contribution < -0.4 is 11.1 Å². The molecule has 0 aliphatic heterocycles. The van der Waals surface area contributed by atoms with Crippen LogP contribution in [0, 0.1) is 0 Å². The van der Waals surface area contributed by atoms with Crippen molar-refractivity contribution in [3.63, 3.8) is 0 Å². The summed E-state index contributed by atoms with van der Waals surface area (Å²) < 4.78 is 2.96. The van der Waals surface area contributed by atoms with Crippen LogP contribution in [0.15, 0.2) is 21.3 Å². The lowest BCUT2D eigenvalue weighted by Crippen LogP contribution is -2.26. The Bertz CT molecular complexity index is 672. The molecule has 2 heterocycles. The fourth-order valence-corrected chi connectivity index (χ4v) is 2.38. The summed E-state index contributed by atoms with van der Waals surface area (Å²) in [4.78, 5) is 30.6. The van der Waals surface area contributed by atoms with E-state index >= 15 is 0 Å². The molecule has 9 heteroatoms. The number of hydrogen-bond donors (Lipinski definition) is 3. The third kappa shape index (κ3) is 3.53. The van der Waals surface area contributed by atoms with Crippen LogP contribution in [0.3, 0.4) is 0 Å². The number of halogens is 2. The van der Waals surface area contributed by atoms with Crippen molar-refractivity contribution in [2.45, 2.75) is 6.42 Å². The number of aromatic nitrogens is 3. The zero-order valence-electron chi connectivity index (χ0n) is 11.1. The van der Waals surface area contributed by atoms with Gasteiger partial charge in [0.2, 0.25) is 0 Å². The third-order valence-corrected chi connectivity index (χ3v) is 4.70. The second kappa shape index (κ2) is 6.44. The number of carbonyl (C=O) groups is 2. The molecule has 0 aromatic carbocycles. The molecule has 0 spiro atoms. The fraction of sp³-hybridized carbons (Fsp3) is 0.250. The molecule has 0 saturated heterocycles. The largest absolute Gasteiger partial charge is 0.369 e. The number of aromatic amines is 1. The average Bonchev–Trinajstić information content (AvgIpc) is 2.94. The number of nitrogen functional groups attached to an aromatic ring is 1. The van der Waals surface area contributed by atoms with Crippen LogP contribution in [0.2, 0.25) is 0 Å². The van der Waals surface area contributed by atoms with Gasteiger partial charge in [-0.3, -0.25) is 9.59 Å². The van der Waals surface area contributed by atoms with Gasteiger partial charge in [-0.25, -0.2) is 4.98 Å². The Morgan fingerprint density at radius 2 is 2.19 bits per heavy atom. The minimum atomic E-state index is -0.279. The van der Waals surface area contributed by atoms with E-state index in [0.717, 1.165) is 4.47 Å². The number of Topliss-reactive ketones (excluding diaryl/α,β-unsaturated/α-hetero) is 1. The number of nitrogens with zero attached hydrogens (tertiary/aromatic N) is 2. The second-order valence-corrected chi connectivity index (χ2v) is 5.98. The normalized spacial score (nSPS) is 10.6. The van der Waals surface area contributed by atoms with Crippen LogP contribution in [0.25, 0.3) is 0 Å². The molecular weight excluding hydrogens is 406 g/mol. The van der Waals surface area contributed by atoms with Gasteiger partial charge in [-0.05, 0) is 37.9 Å². The minimum Gasteiger partial charge on any atom is -0.369 e. The lowest BCUT2D eigenvalue weighted by Gasteiger charge is -2.04. The number of nitrogens with two attached hydrogens (primary N) is 1. The highest BCUT2D eigenvalue weighted by Crippen LogP contribution is 2.22. The number of carbonyl (C=O) groups excluding carboxylic acids is 2. The number of ketones is 1. The zero-order valence-corrected chi connectivity index (χ0v) is 14.3. The first-order chi connectivity index (χ1) is 9.90. The molecule has 2 aromatic rings. The summed E-state index contributed by atoms with van der Waals surface area (Å²) in [5.74, 6) is -0.127. The van der Waals surface area contributed by atoms with Crippen LogP contribution in [0.4, 0.5) is 5.95 Å². The van der Waals surface area contributed by atoms with E-state index in [1.165, 1.54) is 10.8 Å². The highest BCUT2D eigenvalue weighted by Gasteiger charge is 2.14. The molecular formula is C12H13Br2N5O2. The fourth-order valence-electron chi connectivity index (χ4n) is 1.72. The predicted molar refractivity (Wildman–Crippen MR) is 85.1 cm³/mol. The average molecular weight is 419 g/mol. The van der Waals surface area contributed by atoms with Gasteiger partial charge in [0.1, 0.15) is 11.4 Å². The summed E-state index contributed by atoms with van der Waals surface area (Å²) in [6, 6.07) is 1.66. The first-order valence-corrected chi connectivity index (χ1v) is 7.61. The summed E-state index contributed by atoms with van der Waals surface area (Å²) in [6.07, 6.45) is 1.60. The Balaban J connectivity index is 1.88. The van der Waals surface area contributed by atoms with Gasteiger partial charge in [-0.2, -0.15) is 0 Å². The van der Waals surface area contributed by atoms with Crippen LogP contribution in [-0.4, -0.2) is 32.8 Å². The van der Waals surface area contributed by atoms with Gasteiger partial charge in [-0.1, -0.05) is 0 Å². The molecule has 112 valence electrons. The number of imidazole rings is 1. The monoisotopic (exact) mass is 417 g/mol. The third-order valence-electron chi connectivity index (χ3n) is 2.92. The molecule has 21 heavy (non-hydrogen) atoms. The van der Waals surface area contributed by atoms with Crippen molar-refractivity contribution < 1.29 is 9.59 Å². The van der Waals surface area contributed by atoms with Crippen molar-refractivity contribution in [2.24, 2.45) is 7.05 Å². The van der Waals surface area contributed by atoms with E-state index in [4.69, 9.17) is 5.73 Å². The summed E-state index contributed by atoms with van der Waals surface area (Å²) in [7, 11) is 1.67. The van der Waals surface area contributed by atoms with Gasteiger partial charge in [0, 0.05) is 20.0 Å². The molecule has 7 nitrogen and oxygen atoms in total. The number of rotatable bonds is 5. The quantitative estimate of drug-likeness (QED) is 0.644. The summed E-state index contributed by atoms with van der Waals surface area (Å²) in [6.45, 7) is 0.233. The van der Waals surface area contributed by atoms with E-state index < -0.39 is 0 Å². The van der Waals surface area contributed by atoms with Gasteiger partial charge in [-0.15, -0.1) is 0 Å². The van der Waals surface area contributed by atoms with E-state index in [-0.39, 0.29) is 30.6 Å². The van der Waals surface area contributed by atoms with Crippen LogP contribution in [0.1, 0.15) is 27.4 Å². The van der Waals surface area contributed by atoms with Gasteiger partial charge in [0.25, 0.3) is 5.91 Å².